The topological polar surface area (TPSA) is 92.8 Å². The number of nitrogens with one attached hydrogen (secondary N) is 1. The number of anilines is 1. The number of esters is 1. The Morgan fingerprint density at radius 1 is 1.00 bits per heavy atom. The lowest BCUT2D eigenvalue weighted by molar-refractivity contribution is -0.124. The number of rotatable bonds is 10. The molecule has 3 rings (SSSR count). The van der Waals surface area contributed by atoms with Gasteiger partial charge in [0.25, 0.3) is 15.9 Å². The molecule has 3 aromatic carbocycles. The van der Waals surface area contributed by atoms with Crippen LogP contribution in [-0.2, 0) is 26.1 Å². The number of carbonyl (C=O) groups excluding carboxylic acids is 2. The van der Waals surface area contributed by atoms with Crippen LogP contribution in [0.5, 0.6) is 0 Å². The summed E-state index contributed by atoms with van der Waals surface area (Å²) < 4.78 is 45.6. The van der Waals surface area contributed by atoms with E-state index in [0.717, 1.165) is 0 Å². The van der Waals surface area contributed by atoms with Gasteiger partial charge in [-0.2, -0.15) is 0 Å². The third-order valence-electron chi connectivity index (χ3n) is 4.73. The van der Waals surface area contributed by atoms with Gasteiger partial charge in [0.2, 0.25) is 0 Å². The first kappa shape index (κ1) is 24.7. The number of halogens is 1. The zero-order valence-electron chi connectivity index (χ0n) is 18.2. The highest BCUT2D eigenvalue weighted by atomic mass is 32.2. The Bertz CT molecular complexity index is 1260. The summed E-state index contributed by atoms with van der Waals surface area (Å²) in [4.78, 5) is 24.3. The highest BCUT2D eigenvalue weighted by Crippen LogP contribution is 2.24. The van der Waals surface area contributed by atoms with E-state index in [-0.39, 0.29) is 29.4 Å². The first-order valence-corrected chi connectivity index (χ1v) is 11.7. The summed E-state index contributed by atoms with van der Waals surface area (Å²) in [5, 5.41) is 2.56. The van der Waals surface area contributed by atoms with E-state index < -0.39 is 28.5 Å². The minimum absolute atomic E-state index is 0.0148. The zero-order chi connectivity index (χ0) is 24.6. The molecule has 3 aromatic rings. The Hall–Kier alpha value is -3.98. The van der Waals surface area contributed by atoms with Crippen LogP contribution in [0.2, 0.25) is 0 Å². The Labute approximate surface area is 197 Å². The van der Waals surface area contributed by atoms with E-state index in [9.17, 15) is 22.4 Å². The van der Waals surface area contributed by atoms with E-state index >= 15 is 0 Å². The number of ether oxygens (including phenoxy) is 1. The number of carbonyl (C=O) groups is 2. The number of sulfonamides is 1. The van der Waals surface area contributed by atoms with Crippen LogP contribution in [0.15, 0.2) is 96.4 Å². The number of hydrogen-bond donors (Lipinski definition) is 1. The molecule has 7 nitrogen and oxygen atoms in total. The highest BCUT2D eigenvalue weighted by Gasteiger charge is 2.25. The van der Waals surface area contributed by atoms with Gasteiger partial charge < -0.3 is 10.1 Å². The second-order valence-electron chi connectivity index (χ2n) is 7.17. The van der Waals surface area contributed by atoms with Crippen LogP contribution in [0.1, 0.15) is 15.9 Å². The van der Waals surface area contributed by atoms with Gasteiger partial charge in [0, 0.05) is 6.54 Å². The maximum absolute atomic E-state index is 13.2. The van der Waals surface area contributed by atoms with Gasteiger partial charge in [0.05, 0.1) is 22.7 Å². The predicted molar refractivity (Wildman–Crippen MR) is 126 cm³/mol. The van der Waals surface area contributed by atoms with E-state index in [1.54, 1.807) is 30.3 Å². The van der Waals surface area contributed by atoms with Gasteiger partial charge in [-0.1, -0.05) is 42.5 Å². The smallest absolute Gasteiger partial charge is 0.338 e. The molecule has 0 bridgehead atoms. The van der Waals surface area contributed by atoms with Crippen molar-refractivity contribution in [3.63, 3.8) is 0 Å². The molecule has 176 valence electrons. The molecule has 0 radical (unpaired) electrons. The zero-order valence-corrected chi connectivity index (χ0v) is 19.0. The summed E-state index contributed by atoms with van der Waals surface area (Å²) in [5.74, 6) is -1.78. The lowest BCUT2D eigenvalue weighted by Gasteiger charge is -2.23. The maximum atomic E-state index is 13.2. The van der Waals surface area contributed by atoms with Gasteiger partial charge in [0.15, 0.2) is 6.61 Å². The first-order valence-electron chi connectivity index (χ1n) is 10.3. The predicted octanol–water partition coefficient (Wildman–Crippen LogP) is 3.68. The summed E-state index contributed by atoms with van der Waals surface area (Å²) in [5.41, 5.74) is 1.12. The van der Waals surface area contributed by atoms with Crippen molar-refractivity contribution < 1.29 is 27.1 Å². The van der Waals surface area contributed by atoms with E-state index in [1.807, 2.05) is 0 Å². The van der Waals surface area contributed by atoms with Crippen molar-refractivity contribution in [3.05, 3.63) is 108 Å². The standard InChI is InChI=1S/C25H23FN2O5S/c1-2-15-28(22-8-4-3-5-9-22)34(31,32)23-10-6-7-20(16-23)25(30)33-18-24(29)27-17-19-11-13-21(26)14-12-19/h2-14,16H,1,15,17-18H2,(H,27,29). The van der Waals surface area contributed by atoms with Gasteiger partial charge >= 0.3 is 5.97 Å². The molecule has 0 saturated carbocycles. The van der Waals surface area contributed by atoms with Crippen molar-refractivity contribution in [1.29, 1.82) is 0 Å². The molecule has 0 heterocycles. The molecule has 0 atom stereocenters. The summed E-state index contributed by atoms with van der Waals surface area (Å²) in [6, 6.07) is 19.5. The van der Waals surface area contributed by atoms with E-state index in [2.05, 4.69) is 11.9 Å². The van der Waals surface area contributed by atoms with Crippen molar-refractivity contribution in [2.24, 2.45) is 0 Å². The summed E-state index contributed by atoms with van der Waals surface area (Å²) >= 11 is 0. The molecular weight excluding hydrogens is 459 g/mol. The van der Waals surface area contributed by atoms with E-state index in [1.165, 1.54) is 58.9 Å². The van der Waals surface area contributed by atoms with Gasteiger partial charge in [0.1, 0.15) is 5.82 Å². The number of benzene rings is 3. The fourth-order valence-corrected chi connectivity index (χ4v) is 4.51. The SMILES string of the molecule is C=CCN(c1ccccc1)S(=O)(=O)c1cccc(C(=O)OCC(=O)NCc2ccc(F)cc2)c1. The molecule has 0 unspecified atom stereocenters. The fourth-order valence-electron chi connectivity index (χ4n) is 3.03. The Morgan fingerprint density at radius 3 is 2.38 bits per heavy atom. The van der Waals surface area contributed by atoms with Crippen molar-refractivity contribution in [3.8, 4) is 0 Å². The van der Waals surface area contributed by atoms with Gasteiger partial charge in [-0.05, 0) is 48.0 Å². The third kappa shape index (κ3) is 6.29. The van der Waals surface area contributed by atoms with Crippen molar-refractivity contribution >= 4 is 27.6 Å². The normalized spacial score (nSPS) is 10.9. The largest absolute Gasteiger partial charge is 0.452 e. The lowest BCUT2D eigenvalue weighted by Crippen LogP contribution is -2.31. The molecule has 0 aliphatic rings. The maximum Gasteiger partial charge on any atom is 0.338 e. The van der Waals surface area contributed by atoms with Crippen LogP contribution >= 0.6 is 0 Å². The molecular formula is C25H23FN2O5S. The van der Waals surface area contributed by atoms with Gasteiger partial charge in [-0.25, -0.2) is 17.6 Å². The van der Waals surface area contributed by atoms with Gasteiger partial charge in [-0.3, -0.25) is 9.10 Å². The van der Waals surface area contributed by atoms with E-state index in [4.69, 9.17) is 4.74 Å². The van der Waals surface area contributed by atoms with Crippen molar-refractivity contribution in [2.45, 2.75) is 11.4 Å². The summed E-state index contributed by atoms with van der Waals surface area (Å²) in [6.45, 7) is 3.25. The van der Waals surface area contributed by atoms with Crippen molar-refractivity contribution in [2.75, 3.05) is 17.5 Å². The van der Waals surface area contributed by atoms with Gasteiger partial charge in [-0.15, -0.1) is 6.58 Å². The molecule has 0 aliphatic heterocycles. The fraction of sp³-hybridized carbons (Fsp3) is 0.120. The van der Waals surface area contributed by atoms with Crippen LogP contribution in [0.3, 0.4) is 0 Å². The van der Waals surface area contributed by atoms with Crippen LogP contribution < -0.4 is 9.62 Å². The minimum atomic E-state index is -4.00. The molecule has 1 amide bonds. The molecule has 0 saturated heterocycles. The number of hydrogen-bond acceptors (Lipinski definition) is 5. The van der Waals surface area contributed by atoms with Crippen molar-refractivity contribution in [1.82, 2.24) is 5.32 Å². The number of para-hydroxylation sites is 1. The van der Waals surface area contributed by atoms with Crippen LogP contribution in [0.25, 0.3) is 0 Å². The molecule has 34 heavy (non-hydrogen) atoms. The third-order valence-corrected chi connectivity index (χ3v) is 6.52. The van der Waals surface area contributed by atoms with Crippen LogP contribution in [0.4, 0.5) is 10.1 Å². The van der Waals surface area contributed by atoms with Crippen LogP contribution in [0, 0.1) is 5.82 Å². The number of amides is 1. The second kappa shape index (κ2) is 11.2. The Morgan fingerprint density at radius 2 is 1.71 bits per heavy atom. The minimum Gasteiger partial charge on any atom is -0.452 e. The first-order chi connectivity index (χ1) is 16.3. The summed E-state index contributed by atoms with van der Waals surface area (Å²) in [7, 11) is -4.00. The Kier molecular flexibility index (Phi) is 8.15. The molecule has 1 N–H and O–H groups in total. The number of nitrogens with zero attached hydrogens (tertiary/aromatic N) is 1. The van der Waals surface area contributed by atoms with E-state index in [0.29, 0.717) is 11.3 Å². The lowest BCUT2D eigenvalue weighted by atomic mass is 10.2. The Balaban J connectivity index is 1.66. The average molecular weight is 483 g/mol. The average Bonchev–Trinajstić information content (AvgIpc) is 2.86. The quantitative estimate of drug-likeness (QED) is 0.352. The molecule has 9 heteroatoms. The highest BCUT2D eigenvalue weighted by molar-refractivity contribution is 7.92. The summed E-state index contributed by atoms with van der Waals surface area (Å²) in [6.07, 6.45) is 1.47. The molecule has 0 spiro atoms. The van der Waals surface area contributed by atoms with Crippen LogP contribution in [-0.4, -0.2) is 33.4 Å². The molecule has 0 aromatic heterocycles. The monoisotopic (exact) mass is 482 g/mol. The molecule has 0 aliphatic carbocycles. The molecule has 0 fully saturated rings. The second-order valence-corrected chi connectivity index (χ2v) is 9.03.